The van der Waals surface area contributed by atoms with Gasteiger partial charge < -0.3 is 14.2 Å². The molecule has 1 heterocycles. The number of ether oxygens (including phenoxy) is 3. The summed E-state index contributed by atoms with van der Waals surface area (Å²) < 4.78 is 16.2. The van der Waals surface area contributed by atoms with E-state index in [4.69, 9.17) is 14.2 Å². The maximum Gasteiger partial charge on any atom is 0.373 e. The fourth-order valence-corrected chi connectivity index (χ4v) is 4.65. The van der Waals surface area contributed by atoms with Crippen molar-refractivity contribution in [1.82, 2.24) is 0 Å². The van der Waals surface area contributed by atoms with Crippen LogP contribution in [0.3, 0.4) is 0 Å². The Morgan fingerprint density at radius 3 is 2.63 bits per heavy atom. The SMILES string of the molecule is CCCCCCC=C[C@H]1CCC[C@@H]1CCCCC=C(OC1CCCCO1)C(=O)OC. The van der Waals surface area contributed by atoms with Crippen LogP contribution in [0.25, 0.3) is 0 Å². The topological polar surface area (TPSA) is 44.8 Å². The first-order chi connectivity index (χ1) is 14.7. The summed E-state index contributed by atoms with van der Waals surface area (Å²) in [5.74, 6) is 1.54. The molecule has 1 saturated carbocycles. The van der Waals surface area contributed by atoms with Crippen LogP contribution in [-0.2, 0) is 19.0 Å². The maximum absolute atomic E-state index is 12.0. The minimum atomic E-state index is -0.399. The summed E-state index contributed by atoms with van der Waals surface area (Å²) in [6.07, 6.45) is 24.7. The van der Waals surface area contributed by atoms with Gasteiger partial charge in [-0.1, -0.05) is 51.2 Å². The molecule has 0 radical (unpaired) electrons. The smallest absolute Gasteiger partial charge is 0.373 e. The highest BCUT2D eigenvalue weighted by atomic mass is 16.7. The number of rotatable bonds is 14. The molecular formula is C26H44O4. The Morgan fingerprint density at radius 1 is 1.00 bits per heavy atom. The molecule has 0 spiro atoms. The first kappa shape index (κ1) is 25.0. The van der Waals surface area contributed by atoms with Crippen LogP contribution in [-0.4, -0.2) is 26.0 Å². The van der Waals surface area contributed by atoms with Crippen molar-refractivity contribution in [1.29, 1.82) is 0 Å². The van der Waals surface area contributed by atoms with Gasteiger partial charge in [-0.05, 0) is 75.7 Å². The third kappa shape index (κ3) is 9.68. The molecular weight excluding hydrogens is 376 g/mol. The zero-order valence-electron chi connectivity index (χ0n) is 19.4. The number of unbranched alkanes of at least 4 members (excludes halogenated alkanes) is 6. The summed E-state index contributed by atoms with van der Waals surface area (Å²) >= 11 is 0. The van der Waals surface area contributed by atoms with E-state index in [9.17, 15) is 4.79 Å². The molecule has 2 rings (SSSR count). The summed E-state index contributed by atoms with van der Waals surface area (Å²) in [6, 6.07) is 0. The van der Waals surface area contributed by atoms with Gasteiger partial charge in [-0.25, -0.2) is 4.79 Å². The lowest BCUT2D eigenvalue weighted by Crippen LogP contribution is -2.24. The second kappa shape index (κ2) is 15.5. The Hall–Kier alpha value is -1.29. The van der Waals surface area contributed by atoms with Gasteiger partial charge in [0.05, 0.1) is 13.7 Å². The van der Waals surface area contributed by atoms with Crippen LogP contribution in [0.15, 0.2) is 24.0 Å². The first-order valence-electron chi connectivity index (χ1n) is 12.5. The van der Waals surface area contributed by atoms with Gasteiger partial charge in [0.2, 0.25) is 5.76 Å². The third-order valence-corrected chi connectivity index (χ3v) is 6.47. The second-order valence-electron chi connectivity index (χ2n) is 8.89. The van der Waals surface area contributed by atoms with Gasteiger partial charge in [0.1, 0.15) is 0 Å². The van der Waals surface area contributed by atoms with E-state index in [1.165, 1.54) is 71.3 Å². The monoisotopic (exact) mass is 420 g/mol. The summed E-state index contributed by atoms with van der Waals surface area (Å²) in [7, 11) is 1.40. The molecule has 30 heavy (non-hydrogen) atoms. The number of methoxy groups -OCH3 is 1. The van der Waals surface area contributed by atoms with Crippen molar-refractivity contribution < 1.29 is 19.0 Å². The van der Waals surface area contributed by atoms with Crippen molar-refractivity contribution in [3.63, 3.8) is 0 Å². The number of carbonyl (C=O) groups is 1. The lowest BCUT2D eigenvalue weighted by Gasteiger charge is -2.24. The molecule has 3 atom stereocenters. The number of allylic oxidation sites excluding steroid dienone is 3. The third-order valence-electron chi connectivity index (χ3n) is 6.47. The van der Waals surface area contributed by atoms with Crippen molar-refractivity contribution >= 4 is 5.97 Å². The van der Waals surface area contributed by atoms with Crippen molar-refractivity contribution in [3.8, 4) is 0 Å². The summed E-state index contributed by atoms with van der Waals surface area (Å²) in [5.41, 5.74) is 0. The van der Waals surface area contributed by atoms with Crippen LogP contribution in [0, 0.1) is 11.8 Å². The van der Waals surface area contributed by atoms with Gasteiger partial charge in [-0.3, -0.25) is 0 Å². The molecule has 1 aliphatic heterocycles. The summed E-state index contributed by atoms with van der Waals surface area (Å²) in [5, 5.41) is 0. The van der Waals surface area contributed by atoms with Gasteiger partial charge in [0, 0.05) is 6.42 Å². The van der Waals surface area contributed by atoms with E-state index >= 15 is 0 Å². The molecule has 0 N–H and O–H groups in total. The van der Waals surface area contributed by atoms with E-state index in [1.807, 2.05) is 6.08 Å². The molecule has 1 unspecified atom stereocenters. The Morgan fingerprint density at radius 2 is 1.87 bits per heavy atom. The molecule has 0 aromatic heterocycles. The number of esters is 1. The van der Waals surface area contributed by atoms with Gasteiger partial charge >= 0.3 is 5.97 Å². The van der Waals surface area contributed by atoms with E-state index in [1.54, 1.807) is 0 Å². The second-order valence-corrected chi connectivity index (χ2v) is 8.89. The average molecular weight is 421 g/mol. The molecule has 1 saturated heterocycles. The number of hydrogen-bond acceptors (Lipinski definition) is 4. The zero-order chi connectivity index (χ0) is 21.4. The summed E-state index contributed by atoms with van der Waals surface area (Å²) in [4.78, 5) is 12.0. The van der Waals surface area contributed by atoms with E-state index in [2.05, 4.69) is 19.1 Å². The van der Waals surface area contributed by atoms with Crippen LogP contribution < -0.4 is 0 Å². The van der Waals surface area contributed by atoms with Crippen molar-refractivity contribution in [2.24, 2.45) is 11.8 Å². The molecule has 1 aliphatic carbocycles. The molecule has 4 heteroatoms. The molecule has 2 fully saturated rings. The Labute approximate surface area is 184 Å². The lowest BCUT2D eigenvalue weighted by atomic mass is 9.90. The van der Waals surface area contributed by atoms with Crippen LogP contribution >= 0.6 is 0 Å². The van der Waals surface area contributed by atoms with E-state index in [-0.39, 0.29) is 6.29 Å². The van der Waals surface area contributed by atoms with Crippen molar-refractivity contribution in [3.05, 3.63) is 24.0 Å². The van der Waals surface area contributed by atoms with Gasteiger partial charge in [0.15, 0.2) is 6.29 Å². The van der Waals surface area contributed by atoms with Gasteiger partial charge in [0.25, 0.3) is 0 Å². The molecule has 0 aromatic carbocycles. The summed E-state index contributed by atoms with van der Waals surface area (Å²) in [6.45, 7) is 2.97. The molecule has 0 amide bonds. The molecule has 0 bridgehead atoms. The quantitative estimate of drug-likeness (QED) is 0.0989. The fraction of sp³-hybridized carbons (Fsp3) is 0.808. The van der Waals surface area contributed by atoms with Crippen molar-refractivity contribution in [2.45, 2.75) is 110 Å². The zero-order valence-corrected chi connectivity index (χ0v) is 19.4. The highest BCUT2D eigenvalue weighted by molar-refractivity contribution is 5.86. The first-order valence-corrected chi connectivity index (χ1v) is 12.5. The predicted octanol–water partition coefficient (Wildman–Crippen LogP) is 7.09. The van der Waals surface area contributed by atoms with E-state index < -0.39 is 5.97 Å². The van der Waals surface area contributed by atoms with Crippen LogP contribution in [0.4, 0.5) is 0 Å². The maximum atomic E-state index is 12.0. The highest BCUT2D eigenvalue weighted by Crippen LogP contribution is 2.36. The van der Waals surface area contributed by atoms with Gasteiger partial charge in [-0.15, -0.1) is 0 Å². The normalized spacial score (nSPS) is 25.0. The standard InChI is InChI=1S/C26H44O4/c1-3-4-5-6-7-9-15-22-17-14-18-23(22)16-10-8-11-19-24(26(27)28-2)30-25-20-12-13-21-29-25/h9,15,19,22-23,25H,3-8,10-14,16-18,20-21H2,1-2H3/t22-,23-,25?/m0/s1. The number of carbonyl (C=O) groups excluding carboxylic acids is 1. The Balaban J connectivity index is 1.67. The van der Waals surface area contributed by atoms with E-state index in [0.29, 0.717) is 12.4 Å². The van der Waals surface area contributed by atoms with Gasteiger partial charge in [-0.2, -0.15) is 0 Å². The minimum absolute atomic E-state index is 0.308. The van der Waals surface area contributed by atoms with Crippen LogP contribution in [0.2, 0.25) is 0 Å². The molecule has 2 aliphatic rings. The van der Waals surface area contributed by atoms with Crippen LogP contribution in [0.1, 0.15) is 103 Å². The van der Waals surface area contributed by atoms with Crippen molar-refractivity contribution in [2.75, 3.05) is 13.7 Å². The molecule has 0 aromatic rings. The largest absolute Gasteiger partial charge is 0.463 e. The van der Waals surface area contributed by atoms with E-state index in [0.717, 1.165) is 43.9 Å². The minimum Gasteiger partial charge on any atom is -0.463 e. The Bertz CT molecular complexity index is 519. The lowest BCUT2D eigenvalue weighted by molar-refractivity contribution is -0.162. The molecule has 4 nitrogen and oxygen atoms in total. The highest BCUT2D eigenvalue weighted by Gasteiger charge is 2.24. The number of hydrogen-bond donors (Lipinski definition) is 0. The molecule has 172 valence electrons. The predicted molar refractivity (Wildman–Crippen MR) is 122 cm³/mol. The Kier molecular flexibility index (Phi) is 12.9. The average Bonchev–Trinajstić information content (AvgIpc) is 3.22. The fourth-order valence-electron chi connectivity index (χ4n) is 4.65. The van der Waals surface area contributed by atoms with Crippen LogP contribution in [0.5, 0.6) is 0 Å².